The molecular weight excluding hydrogens is 825 g/mol. The Kier molecular flexibility index (Phi) is 7.97. The van der Waals surface area contributed by atoms with Crippen molar-refractivity contribution < 1.29 is 0 Å². The van der Waals surface area contributed by atoms with E-state index in [-0.39, 0.29) is 0 Å². The maximum absolute atomic E-state index is 2.51. The standard InChI is InChI=1S/C61H38N2S2/c1-3-17-39(18-4-1)62(55-29-15-25-49-47-23-9-13-31-57(47)64-59(49)55)41-33-35-45-46-36-34-42(38-54(46)61(53(45)37-41)51-27-11-7-21-43(51)44-22-8-12-28-52(44)61)63(40-19-5-2-6-20-40)56-30-16-26-50-48-24-10-14-32-58(48)65-60(50)56/h1-38H. The van der Waals surface area contributed by atoms with Gasteiger partial charge in [-0.1, -0.05) is 158 Å². The van der Waals surface area contributed by atoms with E-state index < -0.39 is 5.41 Å². The molecule has 4 heteroatoms. The van der Waals surface area contributed by atoms with Crippen molar-refractivity contribution in [3.8, 4) is 22.3 Å². The predicted octanol–water partition coefficient (Wildman–Crippen LogP) is 17.7. The van der Waals surface area contributed by atoms with Crippen molar-refractivity contribution in [3.05, 3.63) is 253 Å². The summed E-state index contributed by atoms with van der Waals surface area (Å²) >= 11 is 3.76. The Morgan fingerprint density at radius 2 is 0.662 bits per heavy atom. The first-order valence-corrected chi connectivity index (χ1v) is 23.9. The van der Waals surface area contributed by atoms with Crippen LogP contribution in [-0.2, 0) is 5.41 Å². The molecule has 1 spiro atoms. The van der Waals surface area contributed by atoms with Crippen LogP contribution in [0.5, 0.6) is 0 Å². The molecule has 0 bridgehead atoms. The summed E-state index contributed by atoms with van der Waals surface area (Å²) in [6.07, 6.45) is 0. The number of hydrogen-bond donors (Lipinski definition) is 0. The highest BCUT2D eigenvalue weighted by Gasteiger charge is 2.52. The fourth-order valence-corrected chi connectivity index (χ4v) is 13.6. The van der Waals surface area contributed by atoms with Gasteiger partial charge in [-0.15, -0.1) is 22.7 Å². The smallest absolute Gasteiger partial charge is 0.0727 e. The summed E-state index contributed by atoms with van der Waals surface area (Å²) in [6, 6.07) is 85.8. The number of nitrogens with zero attached hydrogens (tertiary/aromatic N) is 2. The fourth-order valence-electron chi connectivity index (χ4n) is 11.2. The van der Waals surface area contributed by atoms with Crippen LogP contribution in [0.25, 0.3) is 62.6 Å². The molecule has 2 aliphatic carbocycles. The van der Waals surface area contributed by atoms with Crippen molar-refractivity contribution in [3.63, 3.8) is 0 Å². The first kappa shape index (κ1) is 36.7. The molecule has 12 aromatic rings. The number of para-hydroxylation sites is 2. The van der Waals surface area contributed by atoms with Crippen LogP contribution >= 0.6 is 22.7 Å². The van der Waals surface area contributed by atoms with Crippen molar-refractivity contribution in [2.24, 2.45) is 0 Å². The second kappa shape index (κ2) is 14.1. The Labute approximate surface area is 385 Å². The van der Waals surface area contributed by atoms with Crippen LogP contribution in [0.3, 0.4) is 0 Å². The van der Waals surface area contributed by atoms with Crippen molar-refractivity contribution >= 4 is 97.1 Å². The lowest BCUT2D eigenvalue weighted by Crippen LogP contribution is -2.26. The van der Waals surface area contributed by atoms with Crippen LogP contribution in [0.4, 0.5) is 34.1 Å². The Bertz CT molecular complexity index is 3610. The highest BCUT2D eigenvalue weighted by molar-refractivity contribution is 7.26. The zero-order valence-electron chi connectivity index (χ0n) is 35.2. The van der Waals surface area contributed by atoms with E-state index >= 15 is 0 Å². The van der Waals surface area contributed by atoms with Gasteiger partial charge in [-0.3, -0.25) is 0 Å². The maximum atomic E-state index is 2.51. The van der Waals surface area contributed by atoms with E-state index in [1.165, 1.54) is 96.2 Å². The Balaban J connectivity index is 1.04. The van der Waals surface area contributed by atoms with E-state index in [1.807, 2.05) is 22.7 Å². The molecule has 2 nitrogen and oxygen atoms in total. The second-order valence-corrected chi connectivity index (χ2v) is 19.3. The van der Waals surface area contributed by atoms with E-state index in [4.69, 9.17) is 0 Å². The largest absolute Gasteiger partial charge is 0.309 e. The molecule has 14 rings (SSSR count). The van der Waals surface area contributed by atoms with Gasteiger partial charge < -0.3 is 9.80 Å². The van der Waals surface area contributed by atoms with Gasteiger partial charge >= 0.3 is 0 Å². The number of hydrogen-bond acceptors (Lipinski definition) is 4. The van der Waals surface area contributed by atoms with Crippen LogP contribution in [-0.4, -0.2) is 0 Å². The Hall–Kier alpha value is -7.76. The van der Waals surface area contributed by atoms with Gasteiger partial charge in [0.05, 0.1) is 26.2 Å². The molecule has 0 saturated carbocycles. The minimum absolute atomic E-state index is 0.568. The molecule has 0 saturated heterocycles. The molecule has 0 radical (unpaired) electrons. The van der Waals surface area contributed by atoms with Crippen LogP contribution in [0.1, 0.15) is 22.3 Å². The zero-order chi connectivity index (χ0) is 42.6. The molecule has 0 atom stereocenters. The summed E-state index contributed by atoms with van der Waals surface area (Å²) in [5, 5.41) is 5.17. The van der Waals surface area contributed by atoms with Crippen LogP contribution < -0.4 is 9.80 Å². The molecule has 0 N–H and O–H groups in total. The monoisotopic (exact) mass is 862 g/mol. The van der Waals surface area contributed by atoms with Crippen LogP contribution in [0, 0.1) is 0 Å². The number of benzene rings is 10. The fraction of sp³-hybridized carbons (Fsp3) is 0.0164. The molecule has 2 aliphatic rings. The van der Waals surface area contributed by atoms with Crippen molar-refractivity contribution in [1.29, 1.82) is 0 Å². The number of rotatable bonds is 6. The minimum atomic E-state index is -0.568. The third kappa shape index (κ3) is 5.21. The summed E-state index contributed by atoms with van der Waals surface area (Å²) in [6.45, 7) is 0. The lowest BCUT2D eigenvalue weighted by atomic mass is 9.70. The molecule has 0 amide bonds. The van der Waals surface area contributed by atoms with Crippen LogP contribution in [0.2, 0.25) is 0 Å². The average molecular weight is 863 g/mol. The third-order valence-corrected chi connectivity index (χ3v) is 16.3. The lowest BCUT2D eigenvalue weighted by molar-refractivity contribution is 0.793. The first-order chi connectivity index (χ1) is 32.3. The molecule has 2 heterocycles. The van der Waals surface area contributed by atoms with Gasteiger partial charge in [0, 0.05) is 53.7 Å². The highest BCUT2D eigenvalue weighted by atomic mass is 32.1. The molecular formula is C61H38N2S2. The summed E-state index contributed by atoms with van der Waals surface area (Å²) in [4.78, 5) is 4.96. The Morgan fingerprint density at radius 1 is 0.277 bits per heavy atom. The summed E-state index contributed by atoms with van der Waals surface area (Å²) in [5.41, 5.74) is 16.7. The molecule has 0 unspecified atom stereocenters. The zero-order valence-corrected chi connectivity index (χ0v) is 36.8. The van der Waals surface area contributed by atoms with Crippen molar-refractivity contribution in [2.45, 2.75) is 5.41 Å². The molecule has 0 fully saturated rings. The van der Waals surface area contributed by atoms with E-state index in [2.05, 4.69) is 240 Å². The Morgan fingerprint density at radius 3 is 1.14 bits per heavy atom. The molecule has 0 aliphatic heterocycles. The average Bonchev–Trinajstić information content (AvgIpc) is 4.11. The van der Waals surface area contributed by atoms with Crippen molar-refractivity contribution in [2.75, 3.05) is 9.80 Å². The number of fused-ring (bicyclic) bond motifs is 16. The normalized spacial score (nSPS) is 13.0. The predicted molar refractivity (Wildman–Crippen MR) is 278 cm³/mol. The summed E-state index contributed by atoms with van der Waals surface area (Å²) < 4.78 is 5.17. The van der Waals surface area contributed by atoms with Crippen LogP contribution in [0.15, 0.2) is 231 Å². The molecule has 65 heavy (non-hydrogen) atoms. The quantitative estimate of drug-likeness (QED) is 0.164. The van der Waals surface area contributed by atoms with Gasteiger partial charge in [0.15, 0.2) is 0 Å². The second-order valence-electron chi connectivity index (χ2n) is 17.1. The van der Waals surface area contributed by atoms with Gasteiger partial charge in [0.1, 0.15) is 0 Å². The van der Waals surface area contributed by atoms with E-state index in [1.54, 1.807) is 0 Å². The van der Waals surface area contributed by atoms with Gasteiger partial charge in [0.2, 0.25) is 0 Å². The molecule has 304 valence electrons. The molecule has 2 aromatic heterocycles. The number of anilines is 6. The van der Waals surface area contributed by atoms with E-state index in [9.17, 15) is 0 Å². The van der Waals surface area contributed by atoms with E-state index in [0.29, 0.717) is 0 Å². The number of thiophene rings is 2. The van der Waals surface area contributed by atoms with Gasteiger partial charge in [-0.25, -0.2) is 0 Å². The molecule has 10 aromatic carbocycles. The van der Waals surface area contributed by atoms with Gasteiger partial charge in [-0.2, -0.15) is 0 Å². The maximum Gasteiger partial charge on any atom is 0.0727 e. The highest BCUT2D eigenvalue weighted by Crippen LogP contribution is 2.64. The van der Waals surface area contributed by atoms with E-state index in [0.717, 1.165) is 22.7 Å². The summed E-state index contributed by atoms with van der Waals surface area (Å²) in [7, 11) is 0. The third-order valence-electron chi connectivity index (χ3n) is 13.9. The SMILES string of the molecule is c1ccc(N(c2ccc3c(c2)C2(c4ccccc4-c4ccccc42)c2cc(N(c4ccccc4)c4cccc5c4sc4ccccc45)ccc2-3)c2cccc3c2sc2ccccc23)cc1. The topological polar surface area (TPSA) is 6.48 Å². The summed E-state index contributed by atoms with van der Waals surface area (Å²) in [5.74, 6) is 0. The van der Waals surface area contributed by atoms with Gasteiger partial charge in [-0.05, 0) is 117 Å². The first-order valence-electron chi connectivity index (χ1n) is 22.3. The minimum Gasteiger partial charge on any atom is -0.309 e. The van der Waals surface area contributed by atoms with Gasteiger partial charge in [0.25, 0.3) is 0 Å². The lowest BCUT2D eigenvalue weighted by Gasteiger charge is -2.33. The van der Waals surface area contributed by atoms with Crippen molar-refractivity contribution in [1.82, 2.24) is 0 Å².